The fourth-order valence-corrected chi connectivity index (χ4v) is 2.05. The molecule has 0 unspecified atom stereocenters. The predicted octanol–water partition coefficient (Wildman–Crippen LogP) is 2.70. The third kappa shape index (κ3) is 4.16. The molecule has 1 heterocycles. The molecule has 1 amide bonds. The number of aryl methyl sites for hydroxylation is 3. The van der Waals surface area contributed by atoms with Crippen LogP contribution in [0.4, 0.5) is 0 Å². The molecule has 20 heavy (non-hydrogen) atoms. The number of nitrogens with one attached hydrogen (secondary N) is 1. The zero-order valence-electron chi connectivity index (χ0n) is 11.4. The molecule has 1 N–H and O–H groups in total. The summed E-state index contributed by atoms with van der Waals surface area (Å²) >= 11 is 3.46. The molecule has 0 aliphatic carbocycles. The fourth-order valence-electron chi connectivity index (χ4n) is 1.80. The molecule has 0 atom stereocenters. The minimum absolute atomic E-state index is 0.0203. The van der Waals surface area contributed by atoms with E-state index in [4.69, 9.17) is 4.52 Å². The lowest BCUT2D eigenvalue weighted by molar-refractivity contribution is -0.121. The highest BCUT2D eigenvalue weighted by atomic mass is 79.9. The second kappa shape index (κ2) is 6.65. The van der Waals surface area contributed by atoms with Crippen molar-refractivity contribution >= 4 is 21.8 Å². The molecule has 6 heteroatoms. The van der Waals surface area contributed by atoms with Gasteiger partial charge in [-0.3, -0.25) is 4.79 Å². The van der Waals surface area contributed by atoms with Crippen LogP contribution in [0.15, 0.2) is 27.2 Å². The number of amides is 1. The SMILES string of the molecule is Cc1nc(CNC(=O)CCc2ccc(Br)c(C)c2)no1. The Labute approximate surface area is 125 Å². The number of nitrogens with zero attached hydrogens (tertiary/aromatic N) is 2. The lowest BCUT2D eigenvalue weighted by Crippen LogP contribution is -2.23. The summed E-state index contributed by atoms with van der Waals surface area (Å²) in [6.45, 7) is 4.05. The highest BCUT2D eigenvalue weighted by molar-refractivity contribution is 9.10. The maximum Gasteiger partial charge on any atom is 0.223 e. The molecule has 0 fully saturated rings. The summed E-state index contributed by atoms with van der Waals surface area (Å²) in [4.78, 5) is 15.8. The second-order valence-corrected chi connectivity index (χ2v) is 5.44. The fraction of sp³-hybridized carbons (Fsp3) is 0.357. The Morgan fingerprint density at radius 3 is 2.85 bits per heavy atom. The number of halogens is 1. The van der Waals surface area contributed by atoms with Crippen molar-refractivity contribution in [2.75, 3.05) is 0 Å². The van der Waals surface area contributed by atoms with E-state index in [0.717, 1.165) is 10.0 Å². The van der Waals surface area contributed by atoms with Gasteiger partial charge in [-0.15, -0.1) is 0 Å². The third-order valence-electron chi connectivity index (χ3n) is 2.88. The van der Waals surface area contributed by atoms with Crippen molar-refractivity contribution in [2.45, 2.75) is 33.2 Å². The molecule has 0 spiro atoms. The van der Waals surface area contributed by atoms with Gasteiger partial charge in [-0.2, -0.15) is 4.98 Å². The van der Waals surface area contributed by atoms with Gasteiger partial charge >= 0.3 is 0 Å². The molecule has 2 rings (SSSR count). The number of hydrogen-bond donors (Lipinski definition) is 1. The van der Waals surface area contributed by atoms with E-state index in [1.54, 1.807) is 6.92 Å². The maximum atomic E-state index is 11.7. The number of hydrogen-bond acceptors (Lipinski definition) is 4. The van der Waals surface area contributed by atoms with E-state index in [1.165, 1.54) is 5.56 Å². The molecule has 5 nitrogen and oxygen atoms in total. The first-order chi connectivity index (χ1) is 9.54. The van der Waals surface area contributed by atoms with Gasteiger partial charge in [-0.05, 0) is 30.5 Å². The molecule has 1 aromatic heterocycles. The molecule has 0 aliphatic heterocycles. The van der Waals surface area contributed by atoms with Gasteiger partial charge in [0.2, 0.25) is 11.8 Å². The summed E-state index contributed by atoms with van der Waals surface area (Å²) in [5, 5.41) is 6.50. The summed E-state index contributed by atoms with van der Waals surface area (Å²) in [6, 6.07) is 6.11. The number of carbonyl (C=O) groups excluding carboxylic acids is 1. The highest BCUT2D eigenvalue weighted by Gasteiger charge is 2.06. The normalized spacial score (nSPS) is 10.6. The van der Waals surface area contributed by atoms with Crippen LogP contribution in [0.1, 0.15) is 29.3 Å². The summed E-state index contributed by atoms with van der Waals surface area (Å²) in [6.07, 6.45) is 1.16. The van der Waals surface area contributed by atoms with Gasteiger partial charge in [0.1, 0.15) is 0 Å². The molecule has 0 saturated heterocycles. The molecule has 0 radical (unpaired) electrons. The minimum Gasteiger partial charge on any atom is -0.349 e. The van der Waals surface area contributed by atoms with Crippen molar-refractivity contribution < 1.29 is 9.32 Å². The zero-order valence-corrected chi connectivity index (χ0v) is 13.0. The number of benzene rings is 1. The molecular formula is C14H16BrN3O2. The minimum atomic E-state index is -0.0203. The van der Waals surface area contributed by atoms with Gasteiger partial charge in [0.25, 0.3) is 0 Å². The lowest BCUT2D eigenvalue weighted by atomic mass is 10.1. The van der Waals surface area contributed by atoms with E-state index in [9.17, 15) is 4.79 Å². The van der Waals surface area contributed by atoms with E-state index in [2.05, 4.69) is 37.5 Å². The van der Waals surface area contributed by atoms with Crippen LogP contribution in [0.25, 0.3) is 0 Å². The Hall–Kier alpha value is -1.69. The smallest absolute Gasteiger partial charge is 0.223 e. The zero-order chi connectivity index (χ0) is 14.5. The van der Waals surface area contributed by atoms with Crippen LogP contribution in [-0.2, 0) is 17.8 Å². The Balaban J connectivity index is 1.78. The predicted molar refractivity (Wildman–Crippen MR) is 78.1 cm³/mol. The van der Waals surface area contributed by atoms with Crippen LogP contribution >= 0.6 is 15.9 Å². The van der Waals surface area contributed by atoms with Crippen LogP contribution in [0.2, 0.25) is 0 Å². The van der Waals surface area contributed by atoms with E-state index >= 15 is 0 Å². The second-order valence-electron chi connectivity index (χ2n) is 4.59. The summed E-state index contributed by atoms with van der Waals surface area (Å²) in [7, 11) is 0. The van der Waals surface area contributed by atoms with Crippen molar-refractivity contribution in [3.05, 3.63) is 45.5 Å². The molecule has 1 aromatic carbocycles. The molecule has 0 saturated carbocycles. The summed E-state index contributed by atoms with van der Waals surface area (Å²) in [5.41, 5.74) is 2.32. The maximum absolute atomic E-state index is 11.7. The van der Waals surface area contributed by atoms with Crippen LogP contribution < -0.4 is 5.32 Å². The van der Waals surface area contributed by atoms with Crippen LogP contribution in [0.3, 0.4) is 0 Å². The topological polar surface area (TPSA) is 68.0 Å². The van der Waals surface area contributed by atoms with Gasteiger partial charge in [0.05, 0.1) is 6.54 Å². The molecule has 0 aliphatic rings. The number of carbonyl (C=O) groups is 1. The third-order valence-corrected chi connectivity index (χ3v) is 3.77. The lowest BCUT2D eigenvalue weighted by Gasteiger charge is -2.05. The summed E-state index contributed by atoms with van der Waals surface area (Å²) in [5.74, 6) is 0.975. The molecule has 0 bridgehead atoms. The Morgan fingerprint density at radius 2 is 2.20 bits per heavy atom. The monoisotopic (exact) mass is 337 g/mol. The van der Waals surface area contributed by atoms with Gasteiger partial charge in [0, 0.05) is 17.8 Å². The van der Waals surface area contributed by atoms with Gasteiger partial charge in [-0.1, -0.05) is 33.2 Å². The van der Waals surface area contributed by atoms with Crippen molar-refractivity contribution in [3.63, 3.8) is 0 Å². The number of rotatable bonds is 5. The van der Waals surface area contributed by atoms with Crippen molar-refractivity contribution in [1.82, 2.24) is 15.5 Å². The first kappa shape index (κ1) is 14.7. The van der Waals surface area contributed by atoms with Crippen molar-refractivity contribution in [3.8, 4) is 0 Å². The molecular weight excluding hydrogens is 322 g/mol. The Bertz CT molecular complexity index is 610. The highest BCUT2D eigenvalue weighted by Crippen LogP contribution is 2.17. The number of aromatic nitrogens is 2. The van der Waals surface area contributed by atoms with E-state index < -0.39 is 0 Å². The first-order valence-electron chi connectivity index (χ1n) is 6.35. The van der Waals surface area contributed by atoms with Crippen molar-refractivity contribution in [2.24, 2.45) is 0 Å². The largest absolute Gasteiger partial charge is 0.349 e. The van der Waals surface area contributed by atoms with E-state index in [1.807, 2.05) is 19.1 Å². The van der Waals surface area contributed by atoms with E-state index in [-0.39, 0.29) is 5.91 Å². The Morgan fingerprint density at radius 1 is 1.40 bits per heavy atom. The van der Waals surface area contributed by atoms with Crippen molar-refractivity contribution in [1.29, 1.82) is 0 Å². The van der Waals surface area contributed by atoms with Gasteiger partial charge in [-0.25, -0.2) is 0 Å². The molecule has 106 valence electrons. The standard InChI is InChI=1S/C14H16BrN3O2/c1-9-7-11(3-5-12(9)15)4-6-14(19)16-8-13-17-10(2)20-18-13/h3,5,7H,4,6,8H2,1-2H3,(H,16,19). The van der Waals surface area contributed by atoms with Gasteiger partial charge in [0.15, 0.2) is 5.82 Å². The van der Waals surface area contributed by atoms with Crippen LogP contribution in [-0.4, -0.2) is 16.0 Å². The quantitative estimate of drug-likeness (QED) is 0.910. The first-order valence-corrected chi connectivity index (χ1v) is 7.15. The van der Waals surface area contributed by atoms with Crippen LogP contribution in [0, 0.1) is 13.8 Å². The average Bonchev–Trinajstić information content (AvgIpc) is 2.83. The Kier molecular flexibility index (Phi) is 4.89. The average molecular weight is 338 g/mol. The van der Waals surface area contributed by atoms with Crippen LogP contribution in [0.5, 0.6) is 0 Å². The van der Waals surface area contributed by atoms with E-state index in [0.29, 0.717) is 31.1 Å². The summed E-state index contributed by atoms with van der Waals surface area (Å²) < 4.78 is 5.92. The molecule has 2 aromatic rings. The van der Waals surface area contributed by atoms with Gasteiger partial charge < -0.3 is 9.84 Å².